The number of hydrogen-bond acceptors (Lipinski definition) is 2. The summed E-state index contributed by atoms with van der Waals surface area (Å²) < 4.78 is 17.1. The predicted octanol–water partition coefficient (Wildman–Crippen LogP) is 2.47. The van der Waals surface area contributed by atoms with E-state index in [0.29, 0.717) is 13.2 Å². The minimum absolute atomic E-state index is 0.343. The summed E-state index contributed by atoms with van der Waals surface area (Å²) >= 11 is 0. The van der Waals surface area contributed by atoms with E-state index in [1.165, 1.54) is 0 Å². The third kappa shape index (κ3) is 3.32. The van der Waals surface area contributed by atoms with Crippen LogP contribution in [0.4, 0.5) is 10.1 Å². The first-order valence-electron chi connectivity index (χ1n) is 4.39. The van der Waals surface area contributed by atoms with Crippen molar-refractivity contribution >= 4 is 5.69 Å². The van der Waals surface area contributed by atoms with Gasteiger partial charge in [0.1, 0.15) is 12.4 Å². The number of halogens is 1. The molecule has 0 heterocycles. The van der Waals surface area contributed by atoms with Crippen molar-refractivity contribution in [3.63, 3.8) is 0 Å². The van der Waals surface area contributed by atoms with Crippen LogP contribution in [0.1, 0.15) is 6.92 Å². The third-order valence-corrected chi connectivity index (χ3v) is 1.57. The second-order valence-corrected chi connectivity index (χ2v) is 2.58. The van der Waals surface area contributed by atoms with Gasteiger partial charge < -0.3 is 10.1 Å². The van der Waals surface area contributed by atoms with Crippen LogP contribution in [0.2, 0.25) is 0 Å². The second-order valence-electron chi connectivity index (χ2n) is 2.58. The van der Waals surface area contributed by atoms with Crippen molar-refractivity contribution in [1.29, 1.82) is 0 Å². The molecule has 0 fully saturated rings. The van der Waals surface area contributed by atoms with E-state index in [0.717, 1.165) is 11.4 Å². The first-order chi connectivity index (χ1) is 6.36. The molecule has 0 atom stereocenters. The molecule has 0 aromatic heterocycles. The number of ether oxygens (including phenoxy) is 1. The van der Waals surface area contributed by atoms with Gasteiger partial charge in [-0.3, -0.25) is 0 Å². The number of nitrogens with one attached hydrogen (secondary N) is 1. The normalized spacial score (nSPS) is 9.69. The number of benzene rings is 1. The molecule has 0 bridgehead atoms. The highest BCUT2D eigenvalue weighted by molar-refractivity contribution is 5.48. The molecular weight excluding hydrogens is 169 g/mol. The highest BCUT2D eigenvalue weighted by Crippen LogP contribution is 2.16. The van der Waals surface area contributed by atoms with Crippen LogP contribution in [0.25, 0.3) is 0 Å². The fraction of sp³-hybridized carbons (Fsp3) is 0.400. The lowest BCUT2D eigenvalue weighted by molar-refractivity contribution is 0.340. The molecule has 1 aromatic rings. The zero-order chi connectivity index (χ0) is 9.52. The molecule has 0 aliphatic carbocycles. The molecule has 1 aromatic carbocycles. The number of alkyl halides is 1. The maximum atomic E-state index is 11.8. The summed E-state index contributed by atoms with van der Waals surface area (Å²) in [7, 11) is 0. The first kappa shape index (κ1) is 9.84. The zero-order valence-electron chi connectivity index (χ0n) is 7.72. The monoisotopic (exact) mass is 183 g/mol. The van der Waals surface area contributed by atoms with Gasteiger partial charge in [-0.1, -0.05) is 6.07 Å². The van der Waals surface area contributed by atoms with Crippen molar-refractivity contribution in [3.8, 4) is 5.75 Å². The van der Waals surface area contributed by atoms with Crippen LogP contribution in [0.15, 0.2) is 24.3 Å². The van der Waals surface area contributed by atoms with Crippen LogP contribution < -0.4 is 10.1 Å². The highest BCUT2D eigenvalue weighted by atomic mass is 19.1. The van der Waals surface area contributed by atoms with Crippen LogP contribution in [0.5, 0.6) is 5.75 Å². The largest absolute Gasteiger partial charge is 0.494 e. The Morgan fingerprint density at radius 3 is 3.00 bits per heavy atom. The van der Waals surface area contributed by atoms with Gasteiger partial charge in [-0.2, -0.15) is 0 Å². The van der Waals surface area contributed by atoms with Crippen molar-refractivity contribution < 1.29 is 9.13 Å². The lowest BCUT2D eigenvalue weighted by atomic mass is 10.3. The molecule has 0 aliphatic rings. The van der Waals surface area contributed by atoms with E-state index in [2.05, 4.69) is 5.32 Å². The molecule has 0 saturated heterocycles. The minimum Gasteiger partial charge on any atom is -0.494 e. The van der Waals surface area contributed by atoms with Gasteiger partial charge in [0, 0.05) is 18.3 Å². The van der Waals surface area contributed by atoms with Gasteiger partial charge in [-0.05, 0) is 19.1 Å². The average molecular weight is 183 g/mol. The number of hydrogen-bond donors (Lipinski definition) is 1. The summed E-state index contributed by atoms with van der Waals surface area (Å²) in [5, 5.41) is 2.94. The van der Waals surface area contributed by atoms with E-state index in [1.54, 1.807) is 0 Å². The molecule has 0 radical (unpaired) electrons. The van der Waals surface area contributed by atoms with Crippen LogP contribution in [0.3, 0.4) is 0 Å². The third-order valence-electron chi connectivity index (χ3n) is 1.57. The molecule has 2 nitrogen and oxygen atoms in total. The number of rotatable bonds is 5. The van der Waals surface area contributed by atoms with Crippen LogP contribution in [0, 0.1) is 0 Å². The van der Waals surface area contributed by atoms with Crippen LogP contribution in [-0.2, 0) is 0 Å². The Bertz CT molecular complexity index is 252. The van der Waals surface area contributed by atoms with Gasteiger partial charge >= 0.3 is 0 Å². The van der Waals surface area contributed by atoms with E-state index in [9.17, 15) is 4.39 Å². The first-order valence-corrected chi connectivity index (χ1v) is 4.39. The van der Waals surface area contributed by atoms with Gasteiger partial charge in [0.2, 0.25) is 0 Å². The molecule has 72 valence electrons. The fourth-order valence-corrected chi connectivity index (χ4v) is 1.05. The SMILES string of the molecule is CCOc1cccc(NCCF)c1. The molecule has 0 unspecified atom stereocenters. The van der Waals surface area contributed by atoms with Crippen molar-refractivity contribution in [1.82, 2.24) is 0 Å². The topological polar surface area (TPSA) is 21.3 Å². The van der Waals surface area contributed by atoms with Gasteiger partial charge in [0.25, 0.3) is 0 Å². The Morgan fingerprint density at radius 2 is 2.31 bits per heavy atom. The van der Waals surface area contributed by atoms with E-state index >= 15 is 0 Å². The van der Waals surface area contributed by atoms with E-state index in [1.807, 2.05) is 31.2 Å². The molecule has 3 heteroatoms. The number of anilines is 1. The Hall–Kier alpha value is -1.25. The Balaban J connectivity index is 2.56. The smallest absolute Gasteiger partial charge is 0.121 e. The van der Waals surface area contributed by atoms with Crippen LogP contribution in [-0.4, -0.2) is 19.8 Å². The van der Waals surface area contributed by atoms with Crippen molar-refractivity contribution in [3.05, 3.63) is 24.3 Å². The molecule has 13 heavy (non-hydrogen) atoms. The Kier molecular flexibility index (Phi) is 4.09. The second kappa shape index (κ2) is 5.41. The van der Waals surface area contributed by atoms with Gasteiger partial charge in [0.05, 0.1) is 6.61 Å². The molecule has 0 aliphatic heterocycles. The lowest BCUT2D eigenvalue weighted by Crippen LogP contribution is -2.02. The molecule has 1 N–H and O–H groups in total. The van der Waals surface area contributed by atoms with E-state index < -0.39 is 0 Å². The molecule has 1 rings (SSSR count). The standard InChI is InChI=1S/C10H14FNO/c1-2-13-10-5-3-4-9(8-10)12-7-6-11/h3-5,8,12H,2,6-7H2,1H3. The average Bonchev–Trinajstić information content (AvgIpc) is 2.16. The lowest BCUT2D eigenvalue weighted by Gasteiger charge is -2.06. The maximum Gasteiger partial charge on any atom is 0.121 e. The molecule has 0 saturated carbocycles. The van der Waals surface area contributed by atoms with Crippen LogP contribution >= 0.6 is 0 Å². The highest BCUT2D eigenvalue weighted by Gasteiger charge is 1.94. The van der Waals surface area contributed by atoms with Gasteiger partial charge in [-0.15, -0.1) is 0 Å². The van der Waals surface area contributed by atoms with Crippen molar-refractivity contribution in [2.45, 2.75) is 6.92 Å². The summed E-state index contributed by atoms with van der Waals surface area (Å²) in [5.41, 5.74) is 0.892. The quantitative estimate of drug-likeness (QED) is 0.757. The summed E-state index contributed by atoms with van der Waals surface area (Å²) in [4.78, 5) is 0. The van der Waals surface area contributed by atoms with E-state index in [4.69, 9.17) is 4.74 Å². The summed E-state index contributed by atoms with van der Waals surface area (Å²) in [5.74, 6) is 0.811. The molecular formula is C10H14FNO. The maximum absolute atomic E-state index is 11.8. The fourth-order valence-electron chi connectivity index (χ4n) is 1.05. The summed E-state index contributed by atoms with van der Waals surface area (Å²) in [6.07, 6.45) is 0. The minimum atomic E-state index is -0.362. The molecule has 0 spiro atoms. The molecule has 0 amide bonds. The van der Waals surface area contributed by atoms with Crippen molar-refractivity contribution in [2.75, 3.05) is 25.1 Å². The Morgan fingerprint density at radius 1 is 1.46 bits per heavy atom. The van der Waals surface area contributed by atoms with Crippen molar-refractivity contribution in [2.24, 2.45) is 0 Å². The van der Waals surface area contributed by atoms with Gasteiger partial charge in [-0.25, -0.2) is 4.39 Å². The predicted molar refractivity (Wildman–Crippen MR) is 52.1 cm³/mol. The summed E-state index contributed by atoms with van der Waals surface area (Å²) in [6, 6.07) is 7.51. The zero-order valence-corrected chi connectivity index (χ0v) is 7.72. The van der Waals surface area contributed by atoms with E-state index in [-0.39, 0.29) is 6.67 Å². The Labute approximate surface area is 77.7 Å². The van der Waals surface area contributed by atoms with Gasteiger partial charge in [0.15, 0.2) is 0 Å². The summed E-state index contributed by atoms with van der Waals surface area (Å²) in [6.45, 7) is 2.56.